The smallest absolute Gasteiger partial charge is 0.244 e. The Morgan fingerprint density at radius 3 is 1.89 bits per heavy atom. The van der Waals surface area contributed by atoms with E-state index < -0.39 is 51.3 Å². The van der Waals surface area contributed by atoms with Crippen LogP contribution in [0.1, 0.15) is 22.7 Å². The van der Waals surface area contributed by atoms with Gasteiger partial charge in [0.15, 0.2) is 0 Å². The Hall–Kier alpha value is -4.03. The van der Waals surface area contributed by atoms with Crippen LogP contribution < -0.4 is 15.4 Å². The summed E-state index contributed by atoms with van der Waals surface area (Å²) < 4.78 is 57.4. The third-order valence-electron chi connectivity index (χ3n) is 7.64. The van der Waals surface area contributed by atoms with Gasteiger partial charge in [-0.05, 0) is 53.1 Å². The van der Waals surface area contributed by atoms with Crippen LogP contribution in [0.25, 0.3) is 0 Å². The van der Waals surface area contributed by atoms with E-state index in [1.165, 1.54) is 0 Å². The predicted octanol–water partition coefficient (Wildman–Crippen LogP) is 5.09. The molecular weight excluding hydrogens is 657 g/mol. The van der Waals surface area contributed by atoms with Crippen molar-refractivity contribution in [3.63, 3.8) is 0 Å². The summed E-state index contributed by atoms with van der Waals surface area (Å²) in [4.78, 5) is 27.2. The van der Waals surface area contributed by atoms with Crippen LogP contribution in [0.4, 0.5) is 14.5 Å². The first kappa shape index (κ1) is 33.3. The zero-order chi connectivity index (χ0) is 33.0. The number of amides is 2. The Morgan fingerprint density at radius 2 is 1.39 bits per heavy atom. The molecule has 240 valence electrons. The van der Waals surface area contributed by atoms with Gasteiger partial charge in [-0.15, -0.1) is 0 Å². The third-order valence-corrected chi connectivity index (χ3v) is 9.87. The van der Waals surface area contributed by atoms with Crippen molar-refractivity contribution in [2.24, 2.45) is 5.73 Å². The number of carbonyl (C=O) groups is 2. The van der Waals surface area contributed by atoms with Gasteiger partial charge in [0.2, 0.25) is 21.8 Å². The van der Waals surface area contributed by atoms with Gasteiger partial charge in [0.25, 0.3) is 0 Å². The van der Waals surface area contributed by atoms with Crippen molar-refractivity contribution >= 4 is 50.7 Å². The quantitative estimate of drug-likeness (QED) is 0.216. The second-order valence-electron chi connectivity index (χ2n) is 11.0. The summed E-state index contributed by atoms with van der Waals surface area (Å²) >= 11 is 12.3. The van der Waals surface area contributed by atoms with Gasteiger partial charge in [-0.3, -0.25) is 18.8 Å². The fourth-order valence-corrected chi connectivity index (χ4v) is 7.38. The molecule has 0 radical (unpaired) electrons. The summed E-state index contributed by atoms with van der Waals surface area (Å²) in [6, 6.07) is 23.4. The molecule has 8 nitrogen and oxygen atoms in total. The molecule has 13 heteroatoms. The van der Waals surface area contributed by atoms with E-state index in [0.717, 1.165) is 27.6 Å². The molecule has 4 aromatic carbocycles. The highest BCUT2D eigenvalue weighted by Gasteiger charge is 2.43. The van der Waals surface area contributed by atoms with Crippen molar-refractivity contribution in [3.05, 3.63) is 135 Å². The third kappa shape index (κ3) is 8.03. The van der Waals surface area contributed by atoms with Crippen molar-refractivity contribution in [1.29, 1.82) is 0 Å². The van der Waals surface area contributed by atoms with Crippen LogP contribution in [0.15, 0.2) is 97.1 Å². The molecule has 46 heavy (non-hydrogen) atoms. The van der Waals surface area contributed by atoms with Crippen LogP contribution in [0.3, 0.4) is 0 Å². The zero-order valence-electron chi connectivity index (χ0n) is 24.3. The van der Waals surface area contributed by atoms with Crippen molar-refractivity contribution in [2.45, 2.75) is 24.5 Å². The SMILES string of the molecule is NC(=O)C(Cc1ccccc1)NC(=O)CS(=O)(=O)N(c1cc(F)cc(F)c1)C1CN(C(c2ccc(Cl)cc2)c2ccc(Cl)cc2)C1. The topological polar surface area (TPSA) is 113 Å². The lowest BCUT2D eigenvalue weighted by Crippen LogP contribution is -2.62. The fourth-order valence-electron chi connectivity index (χ4n) is 5.56. The van der Waals surface area contributed by atoms with Crippen molar-refractivity contribution in [1.82, 2.24) is 10.2 Å². The Balaban J connectivity index is 1.40. The Morgan fingerprint density at radius 1 is 0.870 bits per heavy atom. The molecule has 0 aromatic heterocycles. The number of anilines is 1. The van der Waals surface area contributed by atoms with Crippen LogP contribution in [0, 0.1) is 11.6 Å². The number of likely N-dealkylation sites (tertiary alicyclic amines) is 1. The lowest BCUT2D eigenvalue weighted by Gasteiger charge is -2.49. The molecule has 5 rings (SSSR count). The molecule has 1 saturated heterocycles. The summed E-state index contributed by atoms with van der Waals surface area (Å²) in [6.07, 6.45) is 0.0507. The number of carbonyl (C=O) groups excluding carboxylic acids is 2. The maximum Gasteiger partial charge on any atom is 0.244 e. The highest BCUT2D eigenvalue weighted by atomic mass is 35.5. The molecule has 1 unspecified atom stereocenters. The highest BCUT2D eigenvalue weighted by molar-refractivity contribution is 7.93. The van der Waals surface area contributed by atoms with E-state index in [1.807, 2.05) is 29.2 Å². The molecule has 0 spiro atoms. The molecule has 3 N–H and O–H groups in total. The Bertz CT molecular complexity index is 1740. The van der Waals surface area contributed by atoms with Gasteiger partial charge in [-0.2, -0.15) is 0 Å². The van der Waals surface area contributed by atoms with Crippen molar-refractivity contribution in [3.8, 4) is 0 Å². The molecule has 1 atom stereocenters. The molecule has 1 aliphatic rings. The molecule has 4 aromatic rings. The van der Waals surface area contributed by atoms with E-state index in [2.05, 4.69) is 5.32 Å². The first-order chi connectivity index (χ1) is 21.9. The van der Waals surface area contributed by atoms with Gasteiger partial charge < -0.3 is 11.1 Å². The van der Waals surface area contributed by atoms with Crippen LogP contribution in [-0.2, 0) is 26.0 Å². The zero-order valence-corrected chi connectivity index (χ0v) is 26.7. The largest absolute Gasteiger partial charge is 0.368 e. The Labute approximate surface area is 275 Å². The van der Waals surface area contributed by atoms with E-state index in [-0.39, 0.29) is 31.2 Å². The molecule has 0 aliphatic carbocycles. The molecule has 2 amide bonds. The monoisotopic (exact) mass is 686 g/mol. The van der Waals surface area contributed by atoms with E-state index in [0.29, 0.717) is 21.7 Å². The number of nitrogens with two attached hydrogens (primary N) is 1. The summed E-state index contributed by atoms with van der Waals surface area (Å²) in [5.41, 5.74) is 7.70. The molecule has 0 saturated carbocycles. The minimum atomic E-state index is -4.53. The van der Waals surface area contributed by atoms with Gasteiger partial charge in [-0.1, -0.05) is 77.8 Å². The number of hydrogen-bond acceptors (Lipinski definition) is 5. The van der Waals surface area contributed by atoms with Gasteiger partial charge >= 0.3 is 0 Å². The van der Waals surface area contributed by atoms with E-state index >= 15 is 0 Å². The lowest BCUT2D eigenvalue weighted by atomic mass is 9.93. The normalized spacial score (nSPS) is 14.5. The lowest BCUT2D eigenvalue weighted by molar-refractivity contribution is -0.126. The second-order valence-corrected chi connectivity index (χ2v) is 13.7. The maximum atomic E-state index is 14.4. The number of nitrogens with one attached hydrogen (secondary N) is 1. The second kappa shape index (κ2) is 14.2. The van der Waals surface area contributed by atoms with Crippen molar-refractivity contribution in [2.75, 3.05) is 23.1 Å². The van der Waals surface area contributed by atoms with E-state index in [4.69, 9.17) is 28.9 Å². The highest BCUT2D eigenvalue weighted by Crippen LogP contribution is 2.37. The minimum Gasteiger partial charge on any atom is -0.368 e. The number of hydrogen-bond donors (Lipinski definition) is 2. The van der Waals surface area contributed by atoms with Crippen LogP contribution in [-0.4, -0.2) is 56.1 Å². The van der Waals surface area contributed by atoms with Gasteiger partial charge in [0.1, 0.15) is 23.4 Å². The predicted molar refractivity (Wildman–Crippen MR) is 174 cm³/mol. The number of sulfonamides is 1. The first-order valence-electron chi connectivity index (χ1n) is 14.3. The van der Waals surface area contributed by atoms with Crippen LogP contribution in [0.2, 0.25) is 10.0 Å². The number of nitrogens with zero attached hydrogens (tertiary/aromatic N) is 2. The maximum absolute atomic E-state index is 14.4. The van der Waals surface area contributed by atoms with Gasteiger partial charge in [0.05, 0.1) is 17.8 Å². The van der Waals surface area contributed by atoms with Gasteiger partial charge in [-0.25, -0.2) is 17.2 Å². The molecular formula is C33H30Cl2F2N4O4S. The Kier molecular flexibility index (Phi) is 10.3. The van der Waals surface area contributed by atoms with Gasteiger partial charge in [0, 0.05) is 35.6 Å². The van der Waals surface area contributed by atoms with Crippen LogP contribution >= 0.6 is 23.2 Å². The summed E-state index contributed by atoms with van der Waals surface area (Å²) in [5, 5.41) is 3.50. The summed E-state index contributed by atoms with van der Waals surface area (Å²) in [5.74, 6) is -4.88. The first-order valence-corrected chi connectivity index (χ1v) is 16.6. The minimum absolute atomic E-state index is 0.0507. The average molecular weight is 688 g/mol. The molecule has 0 bridgehead atoms. The molecule has 1 heterocycles. The number of halogens is 4. The summed E-state index contributed by atoms with van der Waals surface area (Å²) in [7, 11) is -4.53. The number of benzene rings is 4. The molecule has 1 aliphatic heterocycles. The molecule has 1 fully saturated rings. The van der Waals surface area contributed by atoms with E-state index in [9.17, 15) is 26.8 Å². The average Bonchev–Trinajstić information content (AvgIpc) is 2.97. The van der Waals surface area contributed by atoms with Crippen LogP contribution in [0.5, 0.6) is 0 Å². The standard InChI is InChI=1S/C33H30Cl2F2N4O4S/c34-24-10-6-22(7-11-24)32(23-8-12-25(35)13-9-23)40-18-29(19-40)41(28-16-26(36)15-27(37)17-28)46(44,45)20-31(42)39-30(33(38)43)14-21-4-2-1-3-5-21/h1-13,15-17,29-30,32H,14,18-20H2,(H2,38,43)(H,39,42). The number of rotatable bonds is 12. The van der Waals surface area contributed by atoms with E-state index in [1.54, 1.807) is 54.6 Å². The summed E-state index contributed by atoms with van der Waals surface area (Å²) in [6.45, 7) is 0.319. The number of primary amides is 1. The fraction of sp³-hybridized carbons (Fsp3) is 0.212. The van der Waals surface area contributed by atoms with Crippen molar-refractivity contribution < 1.29 is 26.8 Å².